The van der Waals surface area contributed by atoms with Gasteiger partial charge >= 0.3 is 0 Å². The fraction of sp³-hybridized carbons (Fsp3) is 0.231. The molecule has 0 aliphatic carbocycles. The third kappa shape index (κ3) is 5.85. The zero-order valence-electron chi connectivity index (χ0n) is 19.7. The van der Waals surface area contributed by atoms with Crippen molar-refractivity contribution in [2.45, 2.75) is 20.8 Å². The maximum Gasteiger partial charge on any atom is 0.230 e. The van der Waals surface area contributed by atoms with Gasteiger partial charge in [-0.25, -0.2) is 8.42 Å². The Morgan fingerprint density at radius 1 is 0.857 bits per heavy atom. The summed E-state index contributed by atoms with van der Waals surface area (Å²) in [6.45, 7) is 4.21. The Hall–Kier alpha value is -2.90. The monoisotopic (exact) mass is 513 g/mol. The molecule has 0 amide bonds. The van der Waals surface area contributed by atoms with Crippen LogP contribution in [0.1, 0.15) is 37.4 Å². The second kappa shape index (κ2) is 10.8. The van der Waals surface area contributed by atoms with Crippen LogP contribution in [0.15, 0.2) is 66.7 Å². The van der Waals surface area contributed by atoms with E-state index in [0.717, 1.165) is 0 Å². The van der Waals surface area contributed by atoms with Crippen molar-refractivity contribution in [2.24, 2.45) is 0 Å². The molecule has 0 spiro atoms. The summed E-state index contributed by atoms with van der Waals surface area (Å²) >= 11 is 0. The molecule has 0 atom stereocenters. The first-order chi connectivity index (χ1) is 16.5. The lowest BCUT2D eigenvalue weighted by molar-refractivity contribution is 0.0782. The highest BCUT2D eigenvalue weighted by Crippen LogP contribution is 2.48. The van der Waals surface area contributed by atoms with Crippen molar-refractivity contribution >= 4 is 39.2 Å². The maximum atomic E-state index is 14.5. The smallest absolute Gasteiger partial charge is 0.230 e. The molecule has 184 valence electrons. The van der Waals surface area contributed by atoms with E-state index in [1.807, 2.05) is 0 Å². The van der Waals surface area contributed by atoms with Crippen LogP contribution in [0.5, 0.6) is 0 Å². The molecule has 3 aromatic carbocycles. The summed E-state index contributed by atoms with van der Waals surface area (Å²) in [7, 11) is -8.24. The zero-order chi connectivity index (χ0) is 25.8. The number of carbonyl (C=O) groups excluding carboxylic acids is 2. The van der Waals surface area contributed by atoms with E-state index in [1.165, 1.54) is 0 Å². The number of aryl methyl sites for hydroxylation is 2. The minimum Gasteiger partial charge on any atom is -0.748 e. The molecule has 0 saturated carbocycles. The van der Waals surface area contributed by atoms with Gasteiger partial charge in [0.2, 0.25) is 12.7 Å². The van der Waals surface area contributed by atoms with Gasteiger partial charge in [0.1, 0.15) is 6.61 Å². The molecule has 0 bridgehead atoms. The van der Waals surface area contributed by atoms with E-state index in [2.05, 4.69) is 0 Å². The molecule has 0 aliphatic heterocycles. The highest BCUT2D eigenvalue weighted by molar-refractivity contribution is 7.93. The molecule has 7 nitrogen and oxygen atoms in total. The normalized spacial score (nSPS) is 11.9. The highest BCUT2D eigenvalue weighted by atomic mass is 32.2. The first-order valence-corrected chi connectivity index (χ1v) is 14.2. The van der Waals surface area contributed by atoms with Crippen LogP contribution >= 0.6 is 7.14 Å². The van der Waals surface area contributed by atoms with E-state index in [1.54, 1.807) is 87.5 Å². The van der Waals surface area contributed by atoms with E-state index in [-0.39, 0.29) is 11.1 Å². The van der Waals surface area contributed by atoms with Crippen molar-refractivity contribution in [2.75, 3.05) is 19.0 Å². The van der Waals surface area contributed by atoms with Crippen molar-refractivity contribution in [3.05, 3.63) is 94.5 Å². The molecule has 3 aromatic rings. The lowest BCUT2D eigenvalue weighted by Crippen LogP contribution is -2.25. The molecule has 0 heterocycles. The molecule has 35 heavy (non-hydrogen) atoms. The van der Waals surface area contributed by atoms with E-state index in [9.17, 15) is 27.1 Å². The molecule has 0 aromatic heterocycles. The number of benzene rings is 3. The van der Waals surface area contributed by atoms with Crippen molar-refractivity contribution in [1.29, 1.82) is 0 Å². The van der Waals surface area contributed by atoms with Crippen LogP contribution in [-0.2, 0) is 19.4 Å². The first kappa shape index (κ1) is 26.7. The van der Waals surface area contributed by atoms with Gasteiger partial charge < -0.3 is 13.9 Å². The maximum absolute atomic E-state index is 14.5. The first-order valence-electron chi connectivity index (χ1n) is 10.9. The standard InChI is InChI=1S/C26H27O7PS/c1-18-16-19(2)25(20(3)24(18)23(27)17-33-14-15-35(30,31)32)26(28)34(29,21-10-6-4-7-11-21)22-12-8-5-9-13-22/h4-13,16H,14-15,17H2,1-3H3,(H,30,31,32)/p-1. The van der Waals surface area contributed by atoms with Crippen molar-refractivity contribution in [3.8, 4) is 0 Å². The minimum absolute atomic E-state index is 0.206. The molecule has 0 fully saturated rings. The van der Waals surface area contributed by atoms with Crippen molar-refractivity contribution in [1.82, 2.24) is 0 Å². The van der Waals surface area contributed by atoms with E-state index in [4.69, 9.17) is 4.74 Å². The summed E-state index contributed by atoms with van der Waals surface area (Å²) < 4.78 is 51.9. The van der Waals surface area contributed by atoms with Gasteiger partial charge in [-0.05, 0) is 37.5 Å². The van der Waals surface area contributed by atoms with Gasteiger partial charge in [-0.15, -0.1) is 0 Å². The summed E-state index contributed by atoms with van der Waals surface area (Å²) in [6.07, 6.45) is 0. The summed E-state index contributed by atoms with van der Waals surface area (Å²) in [4.78, 5) is 27.0. The Kier molecular flexibility index (Phi) is 8.23. The molecule has 0 saturated heterocycles. The molecule has 0 unspecified atom stereocenters. The number of Topliss-reactive ketones (excluding diaryl/α,β-unsaturated/α-hetero) is 1. The van der Waals surface area contributed by atoms with Crippen LogP contribution in [0.3, 0.4) is 0 Å². The van der Waals surface area contributed by atoms with Crippen molar-refractivity contribution in [3.63, 3.8) is 0 Å². The Balaban J connectivity index is 2.07. The second-order valence-electron chi connectivity index (χ2n) is 8.21. The molecular weight excluding hydrogens is 487 g/mol. The van der Waals surface area contributed by atoms with Crippen molar-refractivity contribution < 1.29 is 31.9 Å². The van der Waals surface area contributed by atoms with Gasteiger partial charge in [0.15, 0.2) is 5.78 Å². The third-order valence-corrected chi connectivity index (χ3v) is 9.21. The molecule has 3 rings (SSSR count). The van der Waals surface area contributed by atoms with Gasteiger partial charge in [-0.2, -0.15) is 0 Å². The SMILES string of the molecule is Cc1cc(C)c(C(=O)P(=O)(c2ccccc2)c2ccccc2)c(C)c1C(=O)COCCS(=O)(=O)[O-]. The number of ether oxygens (including phenoxy) is 1. The highest BCUT2D eigenvalue weighted by Gasteiger charge is 2.38. The van der Waals surface area contributed by atoms with Crippen LogP contribution in [0.2, 0.25) is 0 Å². The molecule has 0 aliphatic rings. The zero-order valence-corrected chi connectivity index (χ0v) is 21.4. The average molecular weight is 514 g/mol. The molecule has 0 N–H and O–H groups in total. The van der Waals surface area contributed by atoms with Crippen LogP contribution in [0, 0.1) is 20.8 Å². The summed E-state index contributed by atoms with van der Waals surface area (Å²) in [5, 5.41) is 0.788. The number of ketones is 1. The Morgan fingerprint density at radius 2 is 1.34 bits per heavy atom. The largest absolute Gasteiger partial charge is 0.748 e. The Morgan fingerprint density at radius 3 is 1.83 bits per heavy atom. The lowest BCUT2D eigenvalue weighted by Gasteiger charge is -2.22. The van der Waals surface area contributed by atoms with Gasteiger partial charge in [0.05, 0.1) is 22.5 Å². The predicted octanol–water partition coefficient (Wildman–Crippen LogP) is 3.51. The Bertz CT molecular complexity index is 1360. The molecule has 0 radical (unpaired) electrons. The lowest BCUT2D eigenvalue weighted by atomic mass is 9.92. The number of hydrogen-bond acceptors (Lipinski definition) is 7. The molecular formula is C26H26O7PS-. The number of rotatable bonds is 10. The van der Waals surface area contributed by atoms with Crippen LogP contribution in [0.4, 0.5) is 0 Å². The fourth-order valence-corrected chi connectivity index (χ4v) is 7.09. The van der Waals surface area contributed by atoms with Crippen LogP contribution in [0.25, 0.3) is 0 Å². The third-order valence-electron chi connectivity index (χ3n) is 5.70. The number of hydrogen-bond donors (Lipinski definition) is 0. The average Bonchev–Trinajstić information content (AvgIpc) is 2.81. The van der Waals surface area contributed by atoms with E-state index >= 15 is 0 Å². The fourth-order valence-electron chi connectivity index (χ4n) is 4.16. The quantitative estimate of drug-likeness (QED) is 0.176. The van der Waals surface area contributed by atoms with E-state index in [0.29, 0.717) is 27.3 Å². The second-order valence-corrected chi connectivity index (χ2v) is 12.4. The Labute approximate surface area is 205 Å². The predicted molar refractivity (Wildman–Crippen MR) is 134 cm³/mol. The van der Waals surface area contributed by atoms with Gasteiger partial charge in [0, 0.05) is 21.7 Å². The summed E-state index contributed by atoms with van der Waals surface area (Å²) in [6, 6.07) is 18.8. The van der Waals surface area contributed by atoms with Gasteiger partial charge in [-0.3, -0.25) is 9.59 Å². The topological polar surface area (TPSA) is 118 Å². The summed E-state index contributed by atoms with van der Waals surface area (Å²) in [5.74, 6) is -1.21. The minimum atomic E-state index is -4.46. The van der Waals surface area contributed by atoms with Crippen LogP contribution < -0.4 is 10.6 Å². The van der Waals surface area contributed by atoms with Gasteiger partial charge in [0.25, 0.3) is 0 Å². The summed E-state index contributed by atoms with van der Waals surface area (Å²) in [5.41, 5.74) is 1.46. The van der Waals surface area contributed by atoms with Gasteiger partial charge in [-0.1, -0.05) is 66.7 Å². The van der Waals surface area contributed by atoms with Crippen LogP contribution in [-0.4, -0.2) is 43.2 Å². The number of carbonyl (C=O) groups is 2. The van der Waals surface area contributed by atoms with E-state index < -0.39 is 47.5 Å². The molecule has 9 heteroatoms.